The van der Waals surface area contributed by atoms with Crippen LogP contribution in [-0.4, -0.2) is 16.4 Å². The fraction of sp³-hybridized carbons (Fsp3) is 0.0667. The van der Waals surface area contributed by atoms with Crippen LogP contribution in [0.3, 0.4) is 0 Å². The molecule has 0 radical (unpaired) electrons. The van der Waals surface area contributed by atoms with Crippen LogP contribution < -0.4 is 5.73 Å². The number of thioether (sulfide) groups is 1. The summed E-state index contributed by atoms with van der Waals surface area (Å²) in [4.78, 5) is 5.62. The molecule has 0 aliphatic carbocycles. The zero-order valence-electron chi connectivity index (χ0n) is 11.2. The minimum absolute atomic E-state index is 0.415. The van der Waals surface area contributed by atoms with E-state index in [0.717, 1.165) is 15.6 Å². The lowest BCUT2D eigenvalue weighted by Gasteiger charge is -2.01. The van der Waals surface area contributed by atoms with Gasteiger partial charge in [-0.3, -0.25) is 0 Å². The maximum Gasteiger partial charge on any atom is 0.260 e. The molecule has 106 valence electrons. The van der Waals surface area contributed by atoms with E-state index in [4.69, 9.17) is 10.3 Å². The molecule has 6 heteroatoms. The molecule has 0 fully saturated rings. The molecule has 0 saturated heterocycles. The first-order chi connectivity index (χ1) is 10.2. The van der Waals surface area contributed by atoms with Crippen molar-refractivity contribution in [1.82, 2.24) is 10.1 Å². The topological polar surface area (TPSA) is 64.9 Å². The summed E-state index contributed by atoms with van der Waals surface area (Å²) >= 11 is 5.09. The first-order valence-electron chi connectivity index (χ1n) is 6.21. The van der Waals surface area contributed by atoms with Gasteiger partial charge in [-0.2, -0.15) is 4.98 Å². The van der Waals surface area contributed by atoms with E-state index in [0.29, 0.717) is 17.4 Å². The maximum atomic E-state index is 6.02. The van der Waals surface area contributed by atoms with Crippen LogP contribution in [0, 0.1) is 0 Å². The van der Waals surface area contributed by atoms with Crippen LogP contribution >= 0.6 is 27.7 Å². The van der Waals surface area contributed by atoms with Crippen LogP contribution in [0.5, 0.6) is 0 Å². The smallest absolute Gasteiger partial charge is 0.260 e. The van der Waals surface area contributed by atoms with Crippen molar-refractivity contribution in [1.29, 1.82) is 0 Å². The van der Waals surface area contributed by atoms with Gasteiger partial charge in [0, 0.05) is 14.9 Å². The molecule has 0 unspecified atom stereocenters. The van der Waals surface area contributed by atoms with E-state index in [1.54, 1.807) is 11.8 Å². The molecule has 0 bridgehead atoms. The third-order valence-electron chi connectivity index (χ3n) is 3.06. The Bertz CT molecular complexity index is 771. The molecule has 21 heavy (non-hydrogen) atoms. The van der Waals surface area contributed by atoms with E-state index in [9.17, 15) is 0 Å². The van der Waals surface area contributed by atoms with E-state index in [2.05, 4.69) is 26.1 Å². The van der Waals surface area contributed by atoms with Gasteiger partial charge in [0.2, 0.25) is 5.82 Å². The Balaban J connectivity index is 1.97. The van der Waals surface area contributed by atoms with Gasteiger partial charge in [0.15, 0.2) is 0 Å². The van der Waals surface area contributed by atoms with Crippen molar-refractivity contribution < 1.29 is 4.52 Å². The average molecular weight is 362 g/mol. The normalized spacial score (nSPS) is 10.8. The number of benzene rings is 2. The monoisotopic (exact) mass is 361 g/mol. The highest BCUT2D eigenvalue weighted by molar-refractivity contribution is 9.10. The molecule has 1 heterocycles. The van der Waals surface area contributed by atoms with E-state index < -0.39 is 0 Å². The molecule has 3 aromatic rings. The molecule has 0 aliphatic rings. The van der Waals surface area contributed by atoms with Gasteiger partial charge < -0.3 is 10.3 Å². The molecule has 0 saturated carbocycles. The van der Waals surface area contributed by atoms with Gasteiger partial charge in [0.1, 0.15) is 0 Å². The first-order valence-corrected chi connectivity index (χ1v) is 8.23. The predicted molar refractivity (Wildman–Crippen MR) is 89.1 cm³/mol. The number of rotatable bonds is 3. The lowest BCUT2D eigenvalue weighted by atomic mass is 10.2. The molecule has 0 atom stereocenters. The predicted octanol–water partition coefficient (Wildman–Crippen LogP) is 4.47. The third-order valence-corrected chi connectivity index (χ3v) is 4.49. The van der Waals surface area contributed by atoms with Crippen LogP contribution in [0.25, 0.3) is 22.8 Å². The van der Waals surface area contributed by atoms with Crippen LogP contribution in [0.1, 0.15) is 0 Å². The second-order valence-corrected chi connectivity index (χ2v) is 6.09. The number of para-hydroxylation sites is 1. The fourth-order valence-electron chi connectivity index (χ4n) is 1.91. The van der Waals surface area contributed by atoms with Crippen molar-refractivity contribution in [2.45, 2.75) is 4.90 Å². The standard InChI is InChI=1S/C15H12BrN3OS/c1-21-10-7-5-9(6-8-10)14-18-15(20-19-14)11-3-2-4-12(16)13(11)17/h2-8H,17H2,1H3. The Morgan fingerprint density at radius 1 is 1.14 bits per heavy atom. The minimum atomic E-state index is 0.415. The quantitative estimate of drug-likeness (QED) is 0.550. The van der Waals surface area contributed by atoms with Gasteiger partial charge in [-0.25, -0.2) is 0 Å². The van der Waals surface area contributed by atoms with Gasteiger partial charge in [-0.15, -0.1) is 11.8 Å². The van der Waals surface area contributed by atoms with Crippen LogP contribution in [0.2, 0.25) is 0 Å². The summed E-state index contributed by atoms with van der Waals surface area (Å²) in [7, 11) is 0. The number of hydrogen-bond donors (Lipinski definition) is 1. The van der Waals surface area contributed by atoms with E-state index >= 15 is 0 Å². The summed E-state index contributed by atoms with van der Waals surface area (Å²) in [5.41, 5.74) is 8.25. The van der Waals surface area contributed by atoms with Crippen molar-refractivity contribution in [3.8, 4) is 22.8 Å². The summed E-state index contributed by atoms with van der Waals surface area (Å²) < 4.78 is 6.14. The fourth-order valence-corrected chi connectivity index (χ4v) is 2.69. The van der Waals surface area contributed by atoms with E-state index in [1.807, 2.05) is 48.7 Å². The zero-order chi connectivity index (χ0) is 14.8. The van der Waals surface area contributed by atoms with Crippen molar-refractivity contribution in [3.05, 3.63) is 46.9 Å². The highest BCUT2D eigenvalue weighted by Crippen LogP contribution is 2.31. The van der Waals surface area contributed by atoms with Gasteiger partial charge in [-0.1, -0.05) is 11.2 Å². The maximum absolute atomic E-state index is 6.02. The molecular formula is C15H12BrN3OS. The number of nitrogens with zero attached hydrogens (tertiary/aromatic N) is 2. The minimum Gasteiger partial charge on any atom is -0.397 e. The molecule has 2 aromatic carbocycles. The second-order valence-electron chi connectivity index (χ2n) is 4.35. The summed E-state index contributed by atoms with van der Waals surface area (Å²) in [6, 6.07) is 13.6. The number of anilines is 1. The van der Waals surface area contributed by atoms with Crippen LogP contribution in [0.4, 0.5) is 5.69 Å². The zero-order valence-corrected chi connectivity index (χ0v) is 13.6. The molecular weight excluding hydrogens is 350 g/mol. The Labute approximate surface area is 134 Å². The van der Waals surface area contributed by atoms with Crippen molar-refractivity contribution in [3.63, 3.8) is 0 Å². The lowest BCUT2D eigenvalue weighted by molar-refractivity contribution is 0.432. The molecule has 1 aromatic heterocycles. The number of aromatic nitrogens is 2. The molecule has 0 amide bonds. The highest BCUT2D eigenvalue weighted by atomic mass is 79.9. The molecule has 4 nitrogen and oxygen atoms in total. The van der Waals surface area contributed by atoms with E-state index in [-0.39, 0.29) is 0 Å². The summed E-state index contributed by atoms with van der Waals surface area (Å²) in [5, 5.41) is 4.03. The summed E-state index contributed by atoms with van der Waals surface area (Å²) in [5.74, 6) is 0.967. The van der Waals surface area contributed by atoms with Crippen molar-refractivity contribution in [2.24, 2.45) is 0 Å². The third kappa shape index (κ3) is 2.82. The van der Waals surface area contributed by atoms with Crippen LogP contribution in [-0.2, 0) is 0 Å². The molecule has 2 N–H and O–H groups in total. The Morgan fingerprint density at radius 2 is 1.90 bits per heavy atom. The number of hydrogen-bond acceptors (Lipinski definition) is 5. The summed E-state index contributed by atoms with van der Waals surface area (Å²) in [6.07, 6.45) is 2.04. The van der Waals surface area contributed by atoms with Gasteiger partial charge in [-0.05, 0) is 58.6 Å². The Morgan fingerprint density at radius 3 is 2.62 bits per heavy atom. The highest BCUT2D eigenvalue weighted by Gasteiger charge is 2.14. The van der Waals surface area contributed by atoms with Crippen molar-refractivity contribution >= 4 is 33.4 Å². The molecule has 0 spiro atoms. The Hall–Kier alpha value is -1.79. The molecule has 0 aliphatic heterocycles. The SMILES string of the molecule is CSc1ccc(-c2noc(-c3cccc(Br)c3N)n2)cc1. The largest absolute Gasteiger partial charge is 0.397 e. The van der Waals surface area contributed by atoms with Crippen LogP contribution in [0.15, 0.2) is 56.4 Å². The Kier molecular flexibility index (Phi) is 3.98. The van der Waals surface area contributed by atoms with Crippen molar-refractivity contribution in [2.75, 3.05) is 12.0 Å². The first kappa shape index (κ1) is 14.2. The van der Waals surface area contributed by atoms with Gasteiger partial charge >= 0.3 is 0 Å². The van der Waals surface area contributed by atoms with Gasteiger partial charge in [0.25, 0.3) is 5.89 Å². The average Bonchev–Trinajstić information content (AvgIpc) is 3.00. The summed E-state index contributed by atoms with van der Waals surface area (Å²) in [6.45, 7) is 0. The number of nitrogens with two attached hydrogens (primary N) is 1. The molecule has 3 rings (SSSR count). The van der Waals surface area contributed by atoms with E-state index in [1.165, 1.54) is 4.90 Å². The lowest BCUT2D eigenvalue weighted by Crippen LogP contribution is -1.91. The number of halogens is 1. The van der Waals surface area contributed by atoms with Gasteiger partial charge in [0.05, 0.1) is 11.3 Å². The number of nitrogen functional groups attached to an aromatic ring is 1. The second kappa shape index (κ2) is 5.91.